The normalized spacial score (nSPS) is 13.0. The Morgan fingerprint density at radius 2 is 2.23 bits per heavy atom. The molecule has 0 fully saturated rings. The first-order valence-corrected chi connectivity index (χ1v) is 4.35. The van der Waals surface area contributed by atoms with Gasteiger partial charge in [0.2, 0.25) is 5.91 Å². The monoisotopic (exact) mass is 190 g/mol. The molecule has 0 aromatic carbocycles. The Bertz CT molecular complexity index is 150. The van der Waals surface area contributed by atoms with Crippen LogP contribution in [0.5, 0.6) is 0 Å². The van der Waals surface area contributed by atoms with Crippen LogP contribution in [0, 0.1) is 0 Å². The number of rotatable bonds is 6. The van der Waals surface area contributed by atoms with E-state index in [1.807, 2.05) is 19.3 Å². The molecule has 1 amide bonds. The Morgan fingerprint density at radius 1 is 1.62 bits per heavy atom. The molecule has 0 radical (unpaired) electrons. The fourth-order valence-corrected chi connectivity index (χ4v) is 0.757. The molecule has 1 atom stereocenters. The standard InChI is InChI=1S/C8H18N2O3/c1-6(2)13-5-7(11)3-4-8(12)10-9/h6-7,11H,3-5,9H2,1-2H3,(H,10,12). The van der Waals surface area contributed by atoms with Crippen LogP contribution in [0.2, 0.25) is 0 Å². The molecule has 0 spiro atoms. The highest BCUT2D eigenvalue weighted by molar-refractivity contribution is 5.75. The lowest BCUT2D eigenvalue weighted by Gasteiger charge is -2.12. The predicted octanol–water partition coefficient (Wildman–Crippen LogP) is -0.458. The first-order chi connectivity index (χ1) is 6.06. The van der Waals surface area contributed by atoms with Gasteiger partial charge in [-0.3, -0.25) is 10.2 Å². The van der Waals surface area contributed by atoms with Gasteiger partial charge < -0.3 is 9.84 Å². The topological polar surface area (TPSA) is 84.6 Å². The van der Waals surface area contributed by atoms with Crippen molar-refractivity contribution in [2.24, 2.45) is 5.84 Å². The average Bonchev–Trinajstić information content (AvgIpc) is 2.10. The van der Waals surface area contributed by atoms with Crippen LogP contribution in [0.25, 0.3) is 0 Å². The number of aliphatic hydroxyl groups excluding tert-OH is 1. The van der Waals surface area contributed by atoms with Gasteiger partial charge in [-0.05, 0) is 20.3 Å². The van der Waals surface area contributed by atoms with E-state index in [-0.39, 0.29) is 25.0 Å². The third-order valence-corrected chi connectivity index (χ3v) is 1.49. The number of carbonyl (C=O) groups excluding carboxylic acids is 1. The number of nitrogens with one attached hydrogen (secondary N) is 1. The molecule has 0 heterocycles. The van der Waals surface area contributed by atoms with Crippen LogP contribution in [0.15, 0.2) is 0 Å². The summed E-state index contributed by atoms with van der Waals surface area (Å²) in [6, 6.07) is 0. The molecule has 1 unspecified atom stereocenters. The van der Waals surface area contributed by atoms with E-state index in [2.05, 4.69) is 0 Å². The van der Waals surface area contributed by atoms with Gasteiger partial charge in [-0.25, -0.2) is 5.84 Å². The van der Waals surface area contributed by atoms with E-state index in [9.17, 15) is 9.90 Å². The first-order valence-electron chi connectivity index (χ1n) is 4.35. The van der Waals surface area contributed by atoms with Crippen molar-refractivity contribution >= 4 is 5.91 Å². The SMILES string of the molecule is CC(C)OCC(O)CCC(=O)NN. The molecule has 0 bridgehead atoms. The van der Waals surface area contributed by atoms with Crippen molar-refractivity contribution < 1.29 is 14.6 Å². The van der Waals surface area contributed by atoms with Gasteiger partial charge in [0.15, 0.2) is 0 Å². The maximum Gasteiger partial charge on any atom is 0.233 e. The second-order valence-corrected chi connectivity index (χ2v) is 3.14. The molecule has 0 saturated heterocycles. The Hall–Kier alpha value is -0.650. The van der Waals surface area contributed by atoms with Crippen molar-refractivity contribution in [1.29, 1.82) is 0 Å². The minimum Gasteiger partial charge on any atom is -0.391 e. The van der Waals surface area contributed by atoms with Crippen molar-refractivity contribution in [2.45, 2.75) is 38.9 Å². The summed E-state index contributed by atoms with van der Waals surface area (Å²) in [5.41, 5.74) is 1.99. The van der Waals surface area contributed by atoms with E-state index in [1.54, 1.807) is 0 Å². The largest absolute Gasteiger partial charge is 0.391 e. The molecule has 4 N–H and O–H groups in total. The summed E-state index contributed by atoms with van der Waals surface area (Å²) >= 11 is 0. The van der Waals surface area contributed by atoms with E-state index in [0.717, 1.165) is 0 Å². The van der Waals surface area contributed by atoms with Gasteiger partial charge in [0.25, 0.3) is 0 Å². The van der Waals surface area contributed by atoms with E-state index < -0.39 is 6.10 Å². The molecule has 0 aliphatic rings. The van der Waals surface area contributed by atoms with Crippen LogP contribution >= 0.6 is 0 Å². The van der Waals surface area contributed by atoms with Gasteiger partial charge >= 0.3 is 0 Å². The zero-order chi connectivity index (χ0) is 10.3. The summed E-state index contributed by atoms with van der Waals surface area (Å²) in [5, 5.41) is 9.30. The zero-order valence-electron chi connectivity index (χ0n) is 8.12. The number of hydrogen-bond donors (Lipinski definition) is 3. The third-order valence-electron chi connectivity index (χ3n) is 1.49. The van der Waals surface area contributed by atoms with Crippen LogP contribution in [-0.2, 0) is 9.53 Å². The maximum atomic E-state index is 10.7. The second-order valence-electron chi connectivity index (χ2n) is 3.14. The van der Waals surface area contributed by atoms with Gasteiger partial charge in [0, 0.05) is 6.42 Å². The summed E-state index contributed by atoms with van der Waals surface area (Å²) in [4.78, 5) is 10.7. The first kappa shape index (κ1) is 12.3. The van der Waals surface area contributed by atoms with E-state index in [0.29, 0.717) is 6.42 Å². The number of nitrogens with two attached hydrogens (primary N) is 1. The van der Waals surface area contributed by atoms with Crippen molar-refractivity contribution in [3.05, 3.63) is 0 Å². The Balaban J connectivity index is 3.40. The lowest BCUT2D eigenvalue weighted by Crippen LogP contribution is -2.31. The number of hydrazine groups is 1. The van der Waals surface area contributed by atoms with Gasteiger partial charge in [-0.2, -0.15) is 0 Å². The Kier molecular flexibility index (Phi) is 6.48. The lowest BCUT2D eigenvalue weighted by atomic mass is 10.2. The number of ether oxygens (including phenoxy) is 1. The second kappa shape index (κ2) is 6.82. The van der Waals surface area contributed by atoms with Crippen LogP contribution < -0.4 is 11.3 Å². The highest BCUT2D eigenvalue weighted by atomic mass is 16.5. The van der Waals surface area contributed by atoms with Crippen LogP contribution in [0.1, 0.15) is 26.7 Å². The minimum atomic E-state index is -0.598. The van der Waals surface area contributed by atoms with Crippen molar-refractivity contribution in [1.82, 2.24) is 5.43 Å². The summed E-state index contributed by atoms with van der Waals surface area (Å²) in [7, 11) is 0. The third kappa shape index (κ3) is 7.70. The number of aliphatic hydroxyl groups is 1. The van der Waals surface area contributed by atoms with Crippen molar-refractivity contribution in [3.8, 4) is 0 Å². The lowest BCUT2D eigenvalue weighted by molar-refractivity contribution is -0.122. The van der Waals surface area contributed by atoms with Crippen LogP contribution in [0.3, 0.4) is 0 Å². The Morgan fingerprint density at radius 3 is 2.69 bits per heavy atom. The molecule has 0 rings (SSSR count). The molecular formula is C8H18N2O3. The smallest absolute Gasteiger partial charge is 0.233 e. The number of carbonyl (C=O) groups is 1. The molecule has 0 aromatic heterocycles. The quantitative estimate of drug-likeness (QED) is 0.301. The molecular weight excluding hydrogens is 172 g/mol. The maximum absolute atomic E-state index is 10.7. The molecule has 13 heavy (non-hydrogen) atoms. The fourth-order valence-electron chi connectivity index (χ4n) is 0.757. The van der Waals surface area contributed by atoms with Crippen molar-refractivity contribution in [3.63, 3.8) is 0 Å². The Labute approximate surface area is 78.2 Å². The molecule has 0 aromatic rings. The fraction of sp³-hybridized carbons (Fsp3) is 0.875. The number of amides is 1. The zero-order valence-corrected chi connectivity index (χ0v) is 8.12. The molecule has 0 saturated carbocycles. The molecule has 0 aliphatic carbocycles. The molecule has 0 aliphatic heterocycles. The minimum absolute atomic E-state index is 0.0954. The van der Waals surface area contributed by atoms with Gasteiger partial charge in [-0.15, -0.1) is 0 Å². The van der Waals surface area contributed by atoms with E-state index >= 15 is 0 Å². The molecule has 78 valence electrons. The number of hydrogen-bond acceptors (Lipinski definition) is 4. The summed E-state index contributed by atoms with van der Waals surface area (Å²) in [5.74, 6) is 4.59. The average molecular weight is 190 g/mol. The van der Waals surface area contributed by atoms with Gasteiger partial charge in [0.1, 0.15) is 0 Å². The van der Waals surface area contributed by atoms with Gasteiger partial charge in [-0.1, -0.05) is 0 Å². The molecule has 5 heteroatoms. The highest BCUT2D eigenvalue weighted by Gasteiger charge is 2.08. The van der Waals surface area contributed by atoms with Crippen molar-refractivity contribution in [2.75, 3.05) is 6.61 Å². The summed E-state index contributed by atoms with van der Waals surface area (Å²) in [6.45, 7) is 4.04. The summed E-state index contributed by atoms with van der Waals surface area (Å²) in [6.07, 6.45) is 0.0900. The van der Waals surface area contributed by atoms with E-state index in [4.69, 9.17) is 10.6 Å². The van der Waals surface area contributed by atoms with Gasteiger partial charge in [0.05, 0.1) is 18.8 Å². The molecule has 5 nitrogen and oxygen atoms in total. The summed E-state index contributed by atoms with van der Waals surface area (Å²) < 4.78 is 5.16. The highest BCUT2D eigenvalue weighted by Crippen LogP contribution is 1.99. The van der Waals surface area contributed by atoms with Crippen LogP contribution in [-0.4, -0.2) is 29.8 Å². The van der Waals surface area contributed by atoms with Crippen LogP contribution in [0.4, 0.5) is 0 Å². The predicted molar refractivity (Wildman–Crippen MR) is 48.7 cm³/mol. The van der Waals surface area contributed by atoms with E-state index in [1.165, 1.54) is 0 Å².